The third-order valence-electron chi connectivity index (χ3n) is 3.11. The van der Waals surface area contributed by atoms with Crippen molar-refractivity contribution in [2.24, 2.45) is 0 Å². The molecule has 0 saturated carbocycles. The first-order chi connectivity index (χ1) is 8.31. The summed E-state index contributed by atoms with van der Waals surface area (Å²) in [7, 11) is 0. The van der Waals surface area contributed by atoms with Gasteiger partial charge in [0, 0.05) is 0 Å². The maximum Gasteiger partial charge on any atom is 0.416 e. The van der Waals surface area contributed by atoms with E-state index in [1.165, 1.54) is 12.1 Å². The molecule has 0 aromatic heterocycles. The third-order valence-corrected chi connectivity index (χ3v) is 3.11. The van der Waals surface area contributed by atoms with Gasteiger partial charge in [0.25, 0.3) is 0 Å². The van der Waals surface area contributed by atoms with Crippen LogP contribution in [-0.4, -0.2) is 0 Å². The molecule has 0 N–H and O–H groups in total. The van der Waals surface area contributed by atoms with E-state index in [4.69, 9.17) is 0 Å². The van der Waals surface area contributed by atoms with Crippen LogP contribution >= 0.6 is 0 Å². The molecule has 1 aromatic carbocycles. The number of allylic oxidation sites excluding steroid dienone is 2. The van der Waals surface area contributed by atoms with Crippen LogP contribution in [0.5, 0.6) is 0 Å². The summed E-state index contributed by atoms with van der Waals surface area (Å²) in [6, 6.07) is 3.79. The fraction of sp³-hybridized carbons (Fsp3) is 0.333. The van der Waals surface area contributed by atoms with Gasteiger partial charge in [0.15, 0.2) is 0 Å². The number of hydrogen-bond acceptors (Lipinski definition) is 0. The summed E-state index contributed by atoms with van der Waals surface area (Å²) in [5.74, 6) is 0.0546. The smallest absolute Gasteiger partial charge is 0.166 e. The van der Waals surface area contributed by atoms with Crippen molar-refractivity contribution < 1.29 is 13.2 Å². The minimum Gasteiger partial charge on any atom is -0.166 e. The number of hydrogen-bond donors (Lipinski definition) is 0. The molecule has 3 heteroatoms. The van der Waals surface area contributed by atoms with Gasteiger partial charge in [-0.25, -0.2) is 0 Å². The van der Waals surface area contributed by atoms with Gasteiger partial charge < -0.3 is 0 Å². The minimum atomic E-state index is -4.31. The number of rotatable bonds is 4. The van der Waals surface area contributed by atoms with Crippen LogP contribution in [-0.2, 0) is 6.18 Å². The molecular weight excluding hydrogens is 237 g/mol. The molecular formula is C15H17F3. The average Bonchev–Trinajstić information content (AvgIpc) is 2.35. The van der Waals surface area contributed by atoms with Crippen molar-refractivity contribution in [2.45, 2.75) is 32.4 Å². The average molecular weight is 254 g/mol. The van der Waals surface area contributed by atoms with E-state index in [0.29, 0.717) is 11.1 Å². The van der Waals surface area contributed by atoms with Crippen molar-refractivity contribution in [3.05, 3.63) is 54.1 Å². The topological polar surface area (TPSA) is 0 Å². The van der Waals surface area contributed by atoms with Crippen LogP contribution in [0.25, 0.3) is 5.57 Å². The molecule has 0 saturated heterocycles. The molecule has 1 atom stereocenters. The highest BCUT2D eigenvalue weighted by atomic mass is 19.4. The molecule has 98 valence electrons. The van der Waals surface area contributed by atoms with Crippen molar-refractivity contribution in [3.63, 3.8) is 0 Å². The molecule has 0 nitrogen and oxygen atoms in total. The Morgan fingerprint density at radius 1 is 1.39 bits per heavy atom. The van der Waals surface area contributed by atoms with Crippen molar-refractivity contribution in [1.82, 2.24) is 0 Å². The van der Waals surface area contributed by atoms with E-state index in [-0.39, 0.29) is 5.92 Å². The first kappa shape index (κ1) is 14.6. The lowest BCUT2D eigenvalue weighted by Gasteiger charge is -2.18. The van der Waals surface area contributed by atoms with Crippen molar-refractivity contribution in [1.29, 1.82) is 0 Å². The quantitative estimate of drug-likeness (QED) is 0.629. The maximum atomic E-state index is 12.7. The van der Waals surface area contributed by atoms with Crippen LogP contribution < -0.4 is 0 Å². The van der Waals surface area contributed by atoms with E-state index < -0.39 is 11.7 Å². The van der Waals surface area contributed by atoms with E-state index in [1.807, 2.05) is 13.8 Å². The van der Waals surface area contributed by atoms with Gasteiger partial charge in [0.2, 0.25) is 0 Å². The number of benzene rings is 1. The van der Waals surface area contributed by atoms with Crippen LogP contribution in [0.2, 0.25) is 0 Å². The zero-order valence-corrected chi connectivity index (χ0v) is 10.6. The van der Waals surface area contributed by atoms with Gasteiger partial charge >= 0.3 is 6.18 Å². The van der Waals surface area contributed by atoms with Gasteiger partial charge in [0.1, 0.15) is 0 Å². The summed E-state index contributed by atoms with van der Waals surface area (Å²) in [4.78, 5) is 0. The SMILES string of the molecule is C=CC(=C)c1ccc(C(F)(F)F)cc1C(C)CC. The van der Waals surface area contributed by atoms with Crippen molar-refractivity contribution >= 4 is 5.57 Å². The second kappa shape index (κ2) is 5.42. The molecule has 0 bridgehead atoms. The fourth-order valence-electron chi connectivity index (χ4n) is 1.77. The van der Waals surface area contributed by atoms with Crippen LogP contribution in [0.15, 0.2) is 37.4 Å². The Morgan fingerprint density at radius 2 is 2.00 bits per heavy atom. The molecule has 0 aliphatic rings. The lowest BCUT2D eigenvalue weighted by molar-refractivity contribution is -0.137. The maximum absolute atomic E-state index is 12.7. The Kier molecular flexibility index (Phi) is 4.38. The summed E-state index contributed by atoms with van der Waals surface area (Å²) in [5, 5.41) is 0. The molecule has 0 amide bonds. The van der Waals surface area contributed by atoms with Crippen LogP contribution in [0, 0.1) is 0 Å². The molecule has 1 aromatic rings. The summed E-state index contributed by atoms with van der Waals surface area (Å²) >= 11 is 0. The Labute approximate surface area is 106 Å². The summed E-state index contributed by atoms with van der Waals surface area (Å²) in [6.45, 7) is 11.3. The molecule has 0 heterocycles. The summed E-state index contributed by atoms with van der Waals surface area (Å²) in [6.07, 6.45) is -1.97. The standard InChI is InChI=1S/C15H17F3/c1-5-10(3)13-8-7-12(15(16,17)18)9-14(13)11(4)6-2/h5,7-9,11H,1,3,6H2,2,4H3. The first-order valence-corrected chi connectivity index (χ1v) is 5.84. The van der Waals surface area contributed by atoms with Gasteiger partial charge in [-0.1, -0.05) is 39.1 Å². The first-order valence-electron chi connectivity index (χ1n) is 5.84. The lowest BCUT2D eigenvalue weighted by Crippen LogP contribution is -2.07. The monoisotopic (exact) mass is 254 g/mol. The zero-order valence-electron chi connectivity index (χ0n) is 10.6. The second-order valence-electron chi connectivity index (χ2n) is 4.34. The molecule has 18 heavy (non-hydrogen) atoms. The largest absolute Gasteiger partial charge is 0.416 e. The Morgan fingerprint density at radius 3 is 2.44 bits per heavy atom. The van der Waals surface area contributed by atoms with E-state index in [9.17, 15) is 13.2 Å². The fourth-order valence-corrected chi connectivity index (χ4v) is 1.77. The number of halogens is 3. The van der Waals surface area contributed by atoms with Gasteiger partial charge in [-0.15, -0.1) is 0 Å². The van der Waals surface area contributed by atoms with E-state index >= 15 is 0 Å². The van der Waals surface area contributed by atoms with E-state index in [2.05, 4.69) is 13.2 Å². The lowest BCUT2D eigenvalue weighted by atomic mass is 9.89. The Balaban J connectivity index is 3.38. The predicted octanol–water partition coefficient (Wildman–Crippen LogP) is 5.42. The van der Waals surface area contributed by atoms with Crippen LogP contribution in [0.4, 0.5) is 13.2 Å². The van der Waals surface area contributed by atoms with Crippen molar-refractivity contribution in [3.8, 4) is 0 Å². The van der Waals surface area contributed by atoms with Gasteiger partial charge in [0.05, 0.1) is 5.56 Å². The van der Waals surface area contributed by atoms with Gasteiger partial charge in [-0.2, -0.15) is 13.2 Å². The Bertz CT molecular complexity index is 455. The molecule has 0 aliphatic carbocycles. The predicted molar refractivity (Wildman–Crippen MR) is 69.4 cm³/mol. The molecule has 0 spiro atoms. The third kappa shape index (κ3) is 3.03. The summed E-state index contributed by atoms with van der Waals surface area (Å²) in [5.41, 5.74) is 1.46. The molecule has 0 aliphatic heterocycles. The summed E-state index contributed by atoms with van der Waals surface area (Å²) < 4.78 is 38.1. The minimum absolute atomic E-state index is 0.0546. The van der Waals surface area contributed by atoms with Crippen molar-refractivity contribution in [2.75, 3.05) is 0 Å². The van der Waals surface area contributed by atoms with Gasteiger partial charge in [-0.3, -0.25) is 0 Å². The molecule has 1 rings (SSSR count). The molecule has 0 radical (unpaired) electrons. The molecule has 1 unspecified atom stereocenters. The molecule has 0 fully saturated rings. The zero-order chi connectivity index (χ0) is 13.9. The van der Waals surface area contributed by atoms with Gasteiger partial charge in [-0.05, 0) is 41.2 Å². The number of alkyl halides is 3. The Hall–Kier alpha value is -1.51. The van der Waals surface area contributed by atoms with Crippen LogP contribution in [0.3, 0.4) is 0 Å². The van der Waals surface area contributed by atoms with Crippen LogP contribution in [0.1, 0.15) is 42.9 Å². The highest BCUT2D eigenvalue weighted by molar-refractivity contribution is 5.74. The van der Waals surface area contributed by atoms with E-state index in [1.54, 1.807) is 6.08 Å². The highest BCUT2D eigenvalue weighted by Gasteiger charge is 2.31. The normalized spacial score (nSPS) is 13.2. The highest BCUT2D eigenvalue weighted by Crippen LogP contribution is 2.35. The second-order valence-corrected chi connectivity index (χ2v) is 4.34. The van der Waals surface area contributed by atoms with E-state index in [0.717, 1.165) is 18.1 Å².